The maximum Gasteiger partial charge on any atom is 0.251 e. The van der Waals surface area contributed by atoms with Crippen LogP contribution in [0.1, 0.15) is 23.6 Å². The van der Waals surface area contributed by atoms with E-state index < -0.39 is 0 Å². The first kappa shape index (κ1) is 19.9. The number of para-hydroxylation sites is 1. The van der Waals surface area contributed by atoms with E-state index in [1.165, 1.54) is 5.56 Å². The average molecular weight is 396 g/mol. The number of thiocarbonyl (C=S) groups is 1. The minimum absolute atomic E-state index is 0.0893. The molecule has 0 aliphatic carbocycles. The van der Waals surface area contributed by atoms with Crippen LogP contribution in [0.5, 0.6) is 5.75 Å². The Kier molecular flexibility index (Phi) is 6.31. The highest BCUT2D eigenvalue weighted by molar-refractivity contribution is 7.80. The molecular formula is C22H25N3O2S. The number of ether oxygens (including phenoxy) is 1. The lowest BCUT2D eigenvalue weighted by Crippen LogP contribution is -2.31. The number of hydrogen-bond acceptors (Lipinski definition) is 3. The third-order valence-electron chi connectivity index (χ3n) is 4.79. The van der Waals surface area contributed by atoms with Crippen LogP contribution in [0.3, 0.4) is 0 Å². The molecule has 0 saturated carbocycles. The maximum absolute atomic E-state index is 12.4. The van der Waals surface area contributed by atoms with Crippen molar-refractivity contribution in [2.24, 2.45) is 0 Å². The van der Waals surface area contributed by atoms with E-state index in [0.717, 1.165) is 39.9 Å². The van der Waals surface area contributed by atoms with Gasteiger partial charge in [0.2, 0.25) is 0 Å². The van der Waals surface area contributed by atoms with Gasteiger partial charge in [-0.25, -0.2) is 0 Å². The number of methoxy groups -OCH3 is 1. The van der Waals surface area contributed by atoms with Crippen LogP contribution in [0, 0.1) is 6.92 Å². The van der Waals surface area contributed by atoms with Crippen LogP contribution < -0.4 is 20.9 Å². The Morgan fingerprint density at radius 1 is 1.18 bits per heavy atom. The minimum atomic E-state index is -0.0893. The zero-order chi connectivity index (χ0) is 20.1. The number of rotatable bonds is 6. The number of anilines is 1. The summed E-state index contributed by atoms with van der Waals surface area (Å²) in [4.78, 5) is 15.3. The molecule has 0 amide bonds. The van der Waals surface area contributed by atoms with Crippen LogP contribution in [0.15, 0.2) is 47.3 Å². The molecule has 3 aromatic rings. The number of pyridine rings is 1. The molecule has 0 unspecified atom stereocenters. The lowest BCUT2D eigenvalue weighted by Gasteiger charge is -2.15. The highest BCUT2D eigenvalue weighted by Gasteiger charge is 2.07. The normalized spacial score (nSPS) is 10.7. The van der Waals surface area contributed by atoms with E-state index in [4.69, 9.17) is 17.0 Å². The summed E-state index contributed by atoms with van der Waals surface area (Å²) in [5, 5.41) is 8.03. The number of nitrogens with one attached hydrogen (secondary N) is 3. The smallest absolute Gasteiger partial charge is 0.251 e. The van der Waals surface area contributed by atoms with Crippen molar-refractivity contribution in [2.45, 2.75) is 26.7 Å². The van der Waals surface area contributed by atoms with E-state index >= 15 is 0 Å². The van der Waals surface area contributed by atoms with E-state index in [1.54, 1.807) is 7.11 Å². The first-order valence-corrected chi connectivity index (χ1v) is 9.76. The number of H-pyrrole nitrogens is 1. The van der Waals surface area contributed by atoms with Gasteiger partial charge in [-0.3, -0.25) is 4.79 Å². The van der Waals surface area contributed by atoms with Gasteiger partial charge in [-0.2, -0.15) is 0 Å². The monoisotopic (exact) mass is 395 g/mol. The van der Waals surface area contributed by atoms with Gasteiger partial charge in [-0.1, -0.05) is 25.1 Å². The first-order chi connectivity index (χ1) is 13.5. The number of hydrogen-bond donors (Lipinski definition) is 3. The molecule has 2 aromatic carbocycles. The van der Waals surface area contributed by atoms with Crippen LogP contribution >= 0.6 is 12.2 Å². The molecule has 146 valence electrons. The Morgan fingerprint density at radius 2 is 2.00 bits per heavy atom. The summed E-state index contributed by atoms with van der Waals surface area (Å²) < 4.78 is 5.20. The molecule has 3 rings (SSSR count). The van der Waals surface area contributed by atoms with Crippen molar-refractivity contribution >= 4 is 33.9 Å². The molecule has 5 nitrogen and oxygen atoms in total. The van der Waals surface area contributed by atoms with E-state index in [-0.39, 0.29) is 5.56 Å². The molecule has 28 heavy (non-hydrogen) atoms. The Balaban J connectivity index is 1.64. The van der Waals surface area contributed by atoms with Crippen molar-refractivity contribution in [3.05, 3.63) is 69.5 Å². The molecule has 3 N–H and O–H groups in total. The average Bonchev–Trinajstić information content (AvgIpc) is 2.69. The molecule has 0 fully saturated rings. The Bertz CT molecular complexity index is 1060. The van der Waals surface area contributed by atoms with Gasteiger partial charge in [0.25, 0.3) is 5.56 Å². The predicted molar refractivity (Wildman–Crippen MR) is 120 cm³/mol. The van der Waals surface area contributed by atoms with Crippen molar-refractivity contribution in [2.75, 3.05) is 19.0 Å². The molecule has 0 saturated heterocycles. The summed E-state index contributed by atoms with van der Waals surface area (Å²) in [6, 6.07) is 13.8. The fourth-order valence-corrected chi connectivity index (χ4v) is 3.41. The van der Waals surface area contributed by atoms with Gasteiger partial charge in [-0.05, 0) is 66.7 Å². The van der Waals surface area contributed by atoms with Gasteiger partial charge < -0.3 is 20.4 Å². The Morgan fingerprint density at radius 3 is 2.75 bits per heavy atom. The van der Waals surface area contributed by atoms with E-state index in [0.29, 0.717) is 18.1 Å². The van der Waals surface area contributed by atoms with E-state index in [2.05, 4.69) is 47.7 Å². The number of aromatic amines is 1. The van der Waals surface area contributed by atoms with E-state index in [9.17, 15) is 4.79 Å². The third kappa shape index (κ3) is 4.51. The van der Waals surface area contributed by atoms with Gasteiger partial charge in [0.1, 0.15) is 5.75 Å². The molecular weight excluding hydrogens is 370 g/mol. The number of fused-ring (bicyclic) bond motifs is 1. The summed E-state index contributed by atoms with van der Waals surface area (Å²) in [6.45, 7) is 4.76. The van der Waals surface area contributed by atoms with Crippen molar-refractivity contribution in [1.82, 2.24) is 10.3 Å². The lowest BCUT2D eigenvalue weighted by atomic mass is 10.1. The predicted octanol–water partition coefficient (Wildman–Crippen LogP) is 3.94. The highest BCUT2D eigenvalue weighted by atomic mass is 32.1. The summed E-state index contributed by atoms with van der Waals surface area (Å²) in [6.07, 6.45) is 1.51. The Hall–Kier alpha value is -2.86. The molecule has 1 heterocycles. The zero-order valence-electron chi connectivity index (χ0n) is 16.4. The van der Waals surface area contributed by atoms with Crippen LogP contribution in [0.4, 0.5) is 5.69 Å². The quantitative estimate of drug-likeness (QED) is 0.552. The number of aromatic nitrogens is 1. The molecule has 1 aromatic heterocycles. The van der Waals surface area contributed by atoms with Gasteiger partial charge >= 0.3 is 0 Å². The van der Waals surface area contributed by atoms with Gasteiger partial charge in [0.15, 0.2) is 5.11 Å². The summed E-state index contributed by atoms with van der Waals surface area (Å²) in [5.41, 5.74) is 4.84. The molecule has 6 heteroatoms. The maximum atomic E-state index is 12.4. The van der Waals surface area contributed by atoms with Crippen molar-refractivity contribution in [1.29, 1.82) is 0 Å². The Labute approximate surface area is 170 Å². The first-order valence-electron chi connectivity index (χ1n) is 9.35. The molecule has 0 radical (unpaired) electrons. The van der Waals surface area contributed by atoms with Crippen molar-refractivity contribution in [3.63, 3.8) is 0 Å². The van der Waals surface area contributed by atoms with Gasteiger partial charge in [0.05, 0.1) is 12.6 Å². The standard InChI is InChI=1S/C22H25N3O2S/c1-4-15-7-5-6-14(2)20(15)25-22(28)23-11-10-17-12-16-8-9-18(27-3)13-19(16)24-21(17)26/h5-9,12-13H,4,10-11H2,1-3H3,(H,24,26)(H2,23,25,28). The topological polar surface area (TPSA) is 66.2 Å². The van der Waals surface area contributed by atoms with Crippen LogP contribution in [-0.2, 0) is 12.8 Å². The molecule has 0 atom stereocenters. The SMILES string of the molecule is CCc1cccc(C)c1NC(=S)NCCc1cc2ccc(OC)cc2[nH]c1=O. The minimum Gasteiger partial charge on any atom is -0.497 e. The fraction of sp³-hybridized carbons (Fsp3) is 0.273. The molecule has 0 spiro atoms. The van der Waals surface area contributed by atoms with E-state index in [1.807, 2.05) is 24.3 Å². The summed E-state index contributed by atoms with van der Waals surface area (Å²) in [5.74, 6) is 0.719. The molecule has 0 aliphatic rings. The number of aryl methyl sites for hydroxylation is 2. The largest absolute Gasteiger partial charge is 0.497 e. The third-order valence-corrected chi connectivity index (χ3v) is 5.03. The lowest BCUT2D eigenvalue weighted by molar-refractivity contribution is 0.415. The number of benzene rings is 2. The molecule has 0 bridgehead atoms. The van der Waals surface area contributed by atoms with Crippen LogP contribution in [0.25, 0.3) is 10.9 Å². The highest BCUT2D eigenvalue weighted by Crippen LogP contribution is 2.21. The van der Waals surface area contributed by atoms with Crippen molar-refractivity contribution < 1.29 is 4.74 Å². The van der Waals surface area contributed by atoms with Gasteiger partial charge in [-0.15, -0.1) is 0 Å². The summed E-state index contributed by atoms with van der Waals surface area (Å²) in [7, 11) is 1.61. The van der Waals surface area contributed by atoms with Crippen molar-refractivity contribution in [3.8, 4) is 5.75 Å². The molecule has 0 aliphatic heterocycles. The van der Waals surface area contributed by atoms with Crippen LogP contribution in [-0.4, -0.2) is 23.8 Å². The zero-order valence-corrected chi connectivity index (χ0v) is 17.2. The van der Waals surface area contributed by atoms with Gasteiger partial charge in [0, 0.05) is 23.9 Å². The second-order valence-corrected chi connectivity index (χ2v) is 7.08. The second kappa shape index (κ2) is 8.89. The second-order valence-electron chi connectivity index (χ2n) is 6.67. The van der Waals surface area contributed by atoms with Crippen LogP contribution in [0.2, 0.25) is 0 Å². The summed E-state index contributed by atoms with van der Waals surface area (Å²) >= 11 is 5.43. The fourth-order valence-electron chi connectivity index (χ4n) is 3.21.